The molecular formula is C20H25ClN4O3. The number of halogens is 1. The summed E-state index contributed by atoms with van der Waals surface area (Å²) in [6, 6.07) is 7.87. The lowest BCUT2D eigenvalue weighted by Crippen LogP contribution is -2.36. The molecule has 150 valence electrons. The van der Waals surface area contributed by atoms with Gasteiger partial charge in [0.1, 0.15) is 5.82 Å². The number of aromatic nitrogens is 1. The van der Waals surface area contributed by atoms with Crippen molar-refractivity contribution in [1.29, 1.82) is 0 Å². The molecule has 2 heterocycles. The number of piperidine rings is 1. The third-order valence-corrected chi connectivity index (χ3v) is 5.29. The Morgan fingerprint density at radius 1 is 1.29 bits per heavy atom. The van der Waals surface area contributed by atoms with Crippen molar-refractivity contribution in [3.63, 3.8) is 0 Å². The van der Waals surface area contributed by atoms with E-state index in [0.717, 1.165) is 54.0 Å². The minimum atomic E-state index is -0.556. The van der Waals surface area contributed by atoms with E-state index in [1.807, 2.05) is 30.5 Å². The molecule has 3 rings (SSSR count). The van der Waals surface area contributed by atoms with Crippen LogP contribution in [0.4, 0.5) is 10.6 Å². The number of nitrogens with zero attached hydrogens (tertiary/aromatic N) is 2. The Bertz CT molecular complexity index is 837. The molecule has 0 radical (unpaired) electrons. The van der Waals surface area contributed by atoms with E-state index < -0.39 is 6.09 Å². The Labute approximate surface area is 169 Å². The van der Waals surface area contributed by atoms with Crippen molar-refractivity contribution in [2.45, 2.75) is 19.3 Å². The van der Waals surface area contributed by atoms with Crippen molar-refractivity contribution in [2.75, 3.05) is 38.2 Å². The predicted molar refractivity (Wildman–Crippen MR) is 110 cm³/mol. The summed E-state index contributed by atoms with van der Waals surface area (Å²) in [5, 5.41) is 8.04. The van der Waals surface area contributed by atoms with E-state index in [4.69, 9.17) is 16.3 Å². The number of amides is 2. The van der Waals surface area contributed by atoms with Gasteiger partial charge < -0.3 is 20.3 Å². The number of nitrogens with one attached hydrogen (secondary N) is 2. The van der Waals surface area contributed by atoms with E-state index in [9.17, 15) is 9.59 Å². The van der Waals surface area contributed by atoms with Gasteiger partial charge in [0.05, 0.1) is 0 Å². The second kappa shape index (κ2) is 9.59. The molecule has 0 bridgehead atoms. The van der Waals surface area contributed by atoms with Crippen molar-refractivity contribution in [3.05, 3.63) is 35.5 Å². The zero-order valence-corrected chi connectivity index (χ0v) is 16.7. The number of hydrogen-bond donors (Lipinski definition) is 2. The summed E-state index contributed by atoms with van der Waals surface area (Å²) in [6.45, 7) is 2.15. The van der Waals surface area contributed by atoms with Crippen molar-refractivity contribution in [3.8, 4) is 0 Å². The second-order valence-corrected chi connectivity index (χ2v) is 7.33. The van der Waals surface area contributed by atoms with Crippen LogP contribution in [0.15, 0.2) is 30.5 Å². The van der Waals surface area contributed by atoms with Crippen LogP contribution in [0.2, 0.25) is 5.02 Å². The second-order valence-electron chi connectivity index (χ2n) is 6.90. The quantitative estimate of drug-likeness (QED) is 0.773. The van der Waals surface area contributed by atoms with Crippen molar-refractivity contribution >= 4 is 40.2 Å². The molecule has 0 saturated carbocycles. The third-order valence-electron chi connectivity index (χ3n) is 5.05. The van der Waals surface area contributed by atoms with Crippen LogP contribution in [0.1, 0.15) is 19.3 Å². The first-order valence-electron chi connectivity index (χ1n) is 9.47. The normalized spacial score (nSPS) is 14.7. The fraction of sp³-hybridized carbons (Fsp3) is 0.450. The van der Waals surface area contributed by atoms with E-state index in [-0.39, 0.29) is 12.5 Å². The van der Waals surface area contributed by atoms with Gasteiger partial charge in [-0.15, -0.1) is 0 Å². The van der Waals surface area contributed by atoms with E-state index in [1.165, 1.54) is 7.05 Å². The van der Waals surface area contributed by atoms with E-state index in [2.05, 4.69) is 20.5 Å². The zero-order valence-electron chi connectivity index (χ0n) is 15.9. The summed E-state index contributed by atoms with van der Waals surface area (Å²) in [6.07, 6.45) is 4.25. The fourth-order valence-corrected chi connectivity index (χ4v) is 3.63. The SMILES string of the molecule is CNC(=O)COC(=O)NCCC1CCN(c2nccc3cc(Cl)ccc23)CC1. The van der Waals surface area contributed by atoms with E-state index in [0.29, 0.717) is 12.5 Å². The third kappa shape index (κ3) is 5.25. The number of pyridine rings is 1. The number of fused-ring (bicyclic) bond motifs is 1. The number of anilines is 1. The molecule has 1 aliphatic heterocycles. The maximum atomic E-state index is 11.6. The maximum absolute atomic E-state index is 11.6. The van der Waals surface area contributed by atoms with Crippen LogP contribution in [0.5, 0.6) is 0 Å². The molecule has 2 amide bonds. The first kappa shape index (κ1) is 20.2. The minimum Gasteiger partial charge on any atom is -0.439 e. The van der Waals surface area contributed by atoms with Crippen molar-refractivity contribution in [1.82, 2.24) is 15.6 Å². The minimum absolute atomic E-state index is 0.260. The first-order chi connectivity index (χ1) is 13.6. The largest absolute Gasteiger partial charge is 0.439 e. The van der Waals surface area contributed by atoms with Gasteiger partial charge in [-0.2, -0.15) is 0 Å². The number of carbonyl (C=O) groups excluding carboxylic acids is 2. The fourth-order valence-electron chi connectivity index (χ4n) is 3.45. The van der Waals surface area contributed by atoms with Crippen LogP contribution in [-0.2, 0) is 9.53 Å². The summed E-state index contributed by atoms with van der Waals surface area (Å²) in [5.41, 5.74) is 0. The van der Waals surface area contributed by atoms with Gasteiger partial charge in [-0.1, -0.05) is 11.6 Å². The molecule has 28 heavy (non-hydrogen) atoms. The smallest absolute Gasteiger partial charge is 0.407 e. The molecule has 1 saturated heterocycles. The number of alkyl carbamates (subject to hydrolysis) is 1. The van der Waals surface area contributed by atoms with Gasteiger partial charge in [0, 0.05) is 43.3 Å². The standard InChI is InChI=1S/C20H25ClN4O3/c1-22-18(26)13-28-20(27)24-8-4-14-6-10-25(11-7-14)19-17-3-2-16(21)12-15(17)5-9-23-19/h2-3,5,9,12,14H,4,6-8,10-11,13H2,1H3,(H,22,26)(H,24,27). The Morgan fingerprint density at radius 3 is 2.82 bits per heavy atom. The van der Waals surface area contributed by atoms with Gasteiger partial charge in [0.25, 0.3) is 5.91 Å². The monoisotopic (exact) mass is 404 g/mol. The predicted octanol–water partition coefficient (Wildman–Crippen LogP) is 2.97. The highest BCUT2D eigenvalue weighted by atomic mass is 35.5. The van der Waals surface area contributed by atoms with Gasteiger partial charge in [-0.05, 0) is 54.8 Å². The highest BCUT2D eigenvalue weighted by Gasteiger charge is 2.21. The molecule has 1 aromatic carbocycles. The highest BCUT2D eigenvalue weighted by Crippen LogP contribution is 2.30. The van der Waals surface area contributed by atoms with Crippen LogP contribution >= 0.6 is 11.6 Å². The zero-order chi connectivity index (χ0) is 19.9. The number of benzene rings is 1. The van der Waals surface area contributed by atoms with Crippen LogP contribution in [0.25, 0.3) is 10.8 Å². The number of ether oxygens (including phenoxy) is 1. The molecule has 1 fully saturated rings. The maximum Gasteiger partial charge on any atom is 0.407 e. The van der Waals surface area contributed by atoms with Gasteiger partial charge >= 0.3 is 6.09 Å². The number of rotatable bonds is 6. The van der Waals surface area contributed by atoms with Crippen LogP contribution in [0, 0.1) is 5.92 Å². The Kier molecular flexibility index (Phi) is 6.92. The molecule has 0 unspecified atom stereocenters. The lowest BCUT2D eigenvalue weighted by Gasteiger charge is -2.33. The number of carbonyl (C=O) groups is 2. The average Bonchev–Trinajstić information content (AvgIpc) is 2.72. The summed E-state index contributed by atoms with van der Waals surface area (Å²) >= 11 is 6.10. The molecule has 0 aliphatic carbocycles. The Morgan fingerprint density at radius 2 is 2.07 bits per heavy atom. The molecule has 2 N–H and O–H groups in total. The Hall–Kier alpha value is -2.54. The molecular weight excluding hydrogens is 380 g/mol. The summed E-state index contributed by atoms with van der Waals surface area (Å²) in [7, 11) is 1.50. The van der Waals surface area contributed by atoms with Crippen molar-refractivity contribution < 1.29 is 14.3 Å². The molecule has 1 aliphatic rings. The van der Waals surface area contributed by atoms with Crippen LogP contribution in [0.3, 0.4) is 0 Å². The summed E-state index contributed by atoms with van der Waals surface area (Å²) < 4.78 is 4.82. The van der Waals surface area contributed by atoms with Gasteiger partial charge in [0.15, 0.2) is 6.61 Å². The lowest BCUT2D eigenvalue weighted by atomic mass is 9.93. The molecule has 7 nitrogen and oxygen atoms in total. The van der Waals surface area contributed by atoms with Crippen molar-refractivity contribution in [2.24, 2.45) is 5.92 Å². The topological polar surface area (TPSA) is 83.6 Å². The molecule has 2 aromatic rings. The molecule has 8 heteroatoms. The van der Waals surface area contributed by atoms with Gasteiger partial charge in [-0.3, -0.25) is 4.79 Å². The van der Waals surface area contributed by atoms with Gasteiger partial charge in [0.2, 0.25) is 0 Å². The van der Waals surface area contributed by atoms with E-state index in [1.54, 1.807) is 0 Å². The van der Waals surface area contributed by atoms with Gasteiger partial charge in [-0.25, -0.2) is 9.78 Å². The van der Waals surface area contributed by atoms with E-state index >= 15 is 0 Å². The highest BCUT2D eigenvalue weighted by molar-refractivity contribution is 6.31. The molecule has 0 atom stereocenters. The lowest BCUT2D eigenvalue weighted by molar-refractivity contribution is -0.123. The first-order valence-corrected chi connectivity index (χ1v) is 9.85. The number of hydrogen-bond acceptors (Lipinski definition) is 5. The Balaban J connectivity index is 1.45. The van der Waals surface area contributed by atoms with Crippen LogP contribution < -0.4 is 15.5 Å². The average molecular weight is 405 g/mol. The molecule has 0 spiro atoms. The molecule has 1 aromatic heterocycles. The summed E-state index contributed by atoms with van der Waals surface area (Å²) in [4.78, 5) is 29.5. The summed E-state index contributed by atoms with van der Waals surface area (Å²) in [5.74, 6) is 1.22. The van der Waals surface area contributed by atoms with Crippen LogP contribution in [-0.4, -0.2) is 50.3 Å². The number of likely N-dealkylation sites (N-methyl/N-ethyl adjacent to an activating group) is 1.